The molecule has 0 saturated heterocycles. The Bertz CT molecular complexity index is 722. The fourth-order valence-corrected chi connectivity index (χ4v) is 2.68. The molecule has 2 heterocycles. The molecule has 2 N–H and O–H groups in total. The lowest BCUT2D eigenvalue weighted by atomic mass is 9.83. The number of hydrogen-bond acceptors (Lipinski definition) is 4. The van der Waals surface area contributed by atoms with Crippen LogP contribution in [0.3, 0.4) is 0 Å². The minimum Gasteiger partial charge on any atom is -0.479 e. The first kappa shape index (κ1) is 14.4. The highest BCUT2D eigenvalue weighted by Crippen LogP contribution is 2.32. The molecule has 2 aromatic rings. The van der Waals surface area contributed by atoms with Crippen LogP contribution in [-0.2, 0) is 4.79 Å². The first-order valence-corrected chi connectivity index (χ1v) is 7.01. The van der Waals surface area contributed by atoms with Crippen molar-refractivity contribution in [2.24, 2.45) is 0 Å². The second kappa shape index (κ2) is 5.36. The van der Waals surface area contributed by atoms with Gasteiger partial charge in [-0.05, 0) is 31.7 Å². The Morgan fingerprint density at radius 1 is 1.41 bits per heavy atom. The zero-order valence-electron chi connectivity index (χ0n) is 11.7. The zero-order valence-corrected chi connectivity index (χ0v) is 11.7. The molecule has 0 bridgehead atoms. The molecule has 8 heteroatoms. The van der Waals surface area contributed by atoms with Gasteiger partial charge < -0.3 is 10.4 Å². The maximum atomic E-state index is 14.0. The Hall–Kier alpha value is -2.51. The van der Waals surface area contributed by atoms with E-state index in [1.165, 1.54) is 10.7 Å². The molecule has 0 aromatic carbocycles. The molecule has 22 heavy (non-hydrogen) atoms. The summed E-state index contributed by atoms with van der Waals surface area (Å²) in [7, 11) is 0. The molecule has 1 aliphatic rings. The van der Waals surface area contributed by atoms with Gasteiger partial charge in [0.25, 0.3) is 5.91 Å². The molecule has 0 spiro atoms. The number of nitrogens with zero attached hydrogens (tertiary/aromatic N) is 3. The molecule has 0 aliphatic heterocycles. The third-order valence-electron chi connectivity index (χ3n) is 4.02. The van der Waals surface area contributed by atoms with E-state index in [0.29, 0.717) is 24.1 Å². The van der Waals surface area contributed by atoms with E-state index in [0.717, 1.165) is 0 Å². The van der Waals surface area contributed by atoms with Gasteiger partial charge in [0, 0.05) is 18.4 Å². The molecule has 3 rings (SSSR count). The third-order valence-corrected chi connectivity index (χ3v) is 4.02. The van der Waals surface area contributed by atoms with Crippen molar-refractivity contribution in [2.45, 2.75) is 37.4 Å². The minimum atomic E-state index is -2.17. The van der Waals surface area contributed by atoms with E-state index in [1.54, 1.807) is 18.5 Å². The first-order chi connectivity index (χ1) is 10.5. The number of carbonyl (C=O) groups is 2. The van der Waals surface area contributed by atoms with Crippen molar-refractivity contribution in [3.63, 3.8) is 0 Å². The van der Waals surface area contributed by atoms with Crippen LogP contribution in [0.25, 0.3) is 5.65 Å². The van der Waals surface area contributed by atoms with Crippen LogP contribution in [0.5, 0.6) is 0 Å². The van der Waals surface area contributed by atoms with Crippen molar-refractivity contribution < 1.29 is 19.1 Å². The van der Waals surface area contributed by atoms with Crippen molar-refractivity contribution in [1.29, 1.82) is 0 Å². The van der Waals surface area contributed by atoms with Gasteiger partial charge >= 0.3 is 5.97 Å². The molecule has 116 valence electrons. The van der Waals surface area contributed by atoms with E-state index in [4.69, 9.17) is 5.11 Å². The maximum Gasteiger partial charge on any atom is 0.341 e. The lowest BCUT2D eigenvalue weighted by Gasteiger charge is -2.31. The van der Waals surface area contributed by atoms with Crippen LogP contribution in [0.1, 0.15) is 36.0 Å². The number of hydrogen-bond donors (Lipinski definition) is 2. The summed E-state index contributed by atoms with van der Waals surface area (Å²) < 4.78 is 15.4. The number of amides is 1. The van der Waals surface area contributed by atoms with E-state index < -0.39 is 11.6 Å². The van der Waals surface area contributed by atoms with Crippen molar-refractivity contribution >= 4 is 17.5 Å². The number of carbonyl (C=O) groups excluding carboxylic acids is 1. The zero-order chi connectivity index (χ0) is 15.7. The Kier molecular flexibility index (Phi) is 3.51. The van der Waals surface area contributed by atoms with E-state index in [-0.39, 0.29) is 24.8 Å². The number of nitrogens with one attached hydrogen (secondary N) is 1. The van der Waals surface area contributed by atoms with E-state index in [9.17, 15) is 14.0 Å². The summed E-state index contributed by atoms with van der Waals surface area (Å²) in [5.74, 6) is -1.76. The van der Waals surface area contributed by atoms with Crippen LogP contribution >= 0.6 is 0 Å². The normalized spacial score (nSPS) is 25.0. The Labute approximate surface area is 125 Å². The summed E-state index contributed by atoms with van der Waals surface area (Å²) in [5.41, 5.74) is -1.38. The topological polar surface area (TPSA) is 96.6 Å². The fourth-order valence-electron chi connectivity index (χ4n) is 2.68. The SMILES string of the molecule is O=C(NC1CCC(F)(C(=O)O)CC1)c1cnn2cccnc12. The molecule has 1 amide bonds. The van der Waals surface area contributed by atoms with Crippen molar-refractivity contribution in [3.05, 3.63) is 30.2 Å². The Morgan fingerprint density at radius 3 is 2.82 bits per heavy atom. The Balaban J connectivity index is 1.67. The smallest absolute Gasteiger partial charge is 0.341 e. The molecule has 1 saturated carbocycles. The lowest BCUT2D eigenvalue weighted by Crippen LogP contribution is -2.45. The summed E-state index contributed by atoms with van der Waals surface area (Å²) in [4.78, 5) is 27.2. The number of rotatable bonds is 3. The number of alkyl halides is 1. The van der Waals surface area contributed by atoms with Gasteiger partial charge in [-0.3, -0.25) is 4.79 Å². The number of carboxylic acids is 1. The van der Waals surface area contributed by atoms with Gasteiger partial charge in [0.05, 0.1) is 6.20 Å². The molecule has 7 nitrogen and oxygen atoms in total. The highest BCUT2D eigenvalue weighted by atomic mass is 19.1. The molecular weight excluding hydrogens is 291 g/mol. The summed E-state index contributed by atoms with van der Waals surface area (Å²) in [6.45, 7) is 0. The number of aliphatic carboxylic acids is 1. The second-order valence-corrected chi connectivity index (χ2v) is 5.46. The van der Waals surface area contributed by atoms with Crippen LogP contribution in [0.2, 0.25) is 0 Å². The second-order valence-electron chi connectivity index (χ2n) is 5.46. The van der Waals surface area contributed by atoms with Gasteiger partial charge in [0.2, 0.25) is 5.67 Å². The Morgan fingerprint density at radius 2 is 2.14 bits per heavy atom. The molecular formula is C14H15FN4O3. The minimum absolute atomic E-state index is 0.0969. The average molecular weight is 306 g/mol. The van der Waals surface area contributed by atoms with Crippen LogP contribution in [0.4, 0.5) is 4.39 Å². The molecule has 1 aliphatic carbocycles. The van der Waals surface area contributed by atoms with Gasteiger partial charge in [-0.1, -0.05) is 0 Å². The summed E-state index contributed by atoms with van der Waals surface area (Å²) in [6, 6.07) is 1.46. The van der Waals surface area contributed by atoms with Gasteiger partial charge in [0.15, 0.2) is 5.65 Å². The van der Waals surface area contributed by atoms with Crippen molar-refractivity contribution in [2.75, 3.05) is 0 Å². The van der Waals surface area contributed by atoms with Crippen molar-refractivity contribution in [3.8, 4) is 0 Å². The number of carboxylic acid groups (broad SMARTS) is 1. The molecule has 0 unspecified atom stereocenters. The standard InChI is InChI=1S/C14H15FN4O3/c15-14(13(21)22)4-2-9(3-5-14)18-12(20)10-8-17-19-7-1-6-16-11(10)19/h1,6-9H,2-5H2,(H,18,20)(H,21,22). The maximum absolute atomic E-state index is 14.0. The predicted octanol–water partition coefficient (Wildman–Crippen LogP) is 1.19. The fraction of sp³-hybridized carbons (Fsp3) is 0.429. The molecule has 0 atom stereocenters. The number of aromatic nitrogens is 3. The summed E-state index contributed by atoms with van der Waals surface area (Å²) in [6.07, 6.45) is 5.07. The van der Waals surface area contributed by atoms with E-state index in [2.05, 4.69) is 15.4 Å². The van der Waals surface area contributed by atoms with Crippen LogP contribution in [-0.4, -0.2) is 43.3 Å². The average Bonchev–Trinajstić information content (AvgIpc) is 2.93. The number of halogens is 1. The highest BCUT2D eigenvalue weighted by molar-refractivity contribution is 5.99. The number of fused-ring (bicyclic) bond motifs is 1. The van der Waals surface area contributed by atoms with Crippen molar-refractivity contribution in [1.82, 2.24) is 19.9 Å². The van der Waals surface area contributed by atoms with Crippen LogP contribution in [0, 0.1) is 0 Å². The highest BCUT2D eigenvalue weighted by Gasteiger charge is 2.42. The monoisotopic (exact) mass is 306 g/mol. The lowest BCUT2D eigenvalue weighted by molar-refractivity contribution is -0.153. The van der Waals surface area contributed by atoms with Gasteiger partial charge in [-0.25, -0.2) is 18.7 Å². The van der Waals surface area contributed by atoms with Gasteiger partial charge in [0.1, 0.15) is 5.56 Å². The quantitative estimate of drug-likeness (QED) is 0.888. The third kappa shape index (κ3) is 2.51. The largest absolute Gasteiger partial charge is 0.479 e. The van der Waals surface area contributed by atoms with Crippen LogP contribution in [0.15, 0.2) is 24.7 Å². The summed E-state index contributed by atoms with van der Waals surface area (Å²) >= 11 is 0. The van der Waals surface area contributed by atoms with Gasteiger partial charge in [-0.15, -0.1) is 0 Å². The molecule has 0 radical (unpaired) electrons. The molecule has 1 fully saturated rings. The first-order valence-electron chi connectivity index (χ1n) is 7.01. The summed E-state index contributed by atoms with van der Waals surface area (Å²) in [5, 5.41) is 15.7. The van der Waals surface area contributed by atoms with E-state index in [1.807, 2.05) is 0 Å². The van der Waals surface area contributed by atoms with Crippen LogP contribution < -0.4 is 5.32 Å². The van der Waals surface area contributed by atoms with E-state index >= 15 is 0 Å². The molecule has 2 aromatic heterocycles. The van der Waals surface area contributed by atoms with Gasteiger partial charge in [-0.2, -0.15) is 5.10 Å². The predicted molar refractivity (Wildman–Crippen MR) is 74.2 cm³/mol.